The summed E-state index contributed by atoms with van der Waals surface area (Å²) >= 11 is 0. The fourth-order valence-corrected chi connectivity index (χ4v) is 2.65. The fourth-order valence-electron chi connectivity index (χ4n) is 1.71. The summed E-state index contributed by atoms with van der Waals surface area (Å²) in [6.07, 6.45) is 1.57. The maximum atomic E-state index is 11.8. The topological polar surface area (TPSA) is 93.9 Å². The van der Waals surface area contributed by atoms with E-state index in [1.165, 1.54) is 6.92 Å². The lowest BCUT2D eigenvalue weighted by Gasteiger charge is -2.09. The molecule has 0 saturated heterocycles. The van der Waals surface area contributed by atoms with Crippen molar-refractivity contribution in [1.29, 1.82) is 5.26 Å². The molecule has 1 aromatic rings. The minimum Gasteiger partial charge on any atom is -0.396 e. The number of aliphatic hydroxyl groups is 1. The van der Waals surface area contributed by atoms with E-state index in [2.05, 4.69) is 4.90 Å². The van der Waals surface area contributed by atoms with Crippen LogP contribution in [0.25, 0.3) is 0 Å². The van der Waals surface area contributed by atoms with E-state index < -0.39 is 10.1 Å². The standard InChI is InChI=1S/C12H19NO3S.C5H13NO.C2H3N/c1-11-5-7-12(8-6-11)17(14,15)16-10-4-9-13(2)3;1-6(2)4-3-5-7;1-2-3/h5-8H,4,9-10H2,1-3H3;7H,3-5H2,1-2H3;1H3. The number of aryl methyl sites for hydroxylation is 1. The van der Waals surface area contributed by atoms with Gasteiger partial charge in [-0.25, -0.2) is 0 Å². The highest BCUT2D eigenvalue weighted by molar-refractivity contribution is 7.86. The summed E-state index contributed by atoms with van der Waals surface area (Å²) in [7, 11) is 4.28. The molecule has 8 heteroatoms. The van der Waals surface area contributed by atoms with Crippen molar-refractivity contribution in [1.82, 2.24) is 9.80 Å². The third-order valence-electron chi connectivity index (χ3n) is 3.06. The van der Waals surface area contributed by atoms with Crippen LogP contribution in [0.4, 0.5) is 0 Å². The van der Waals surface area contributed by atoms with E-state index in [4.69, 9.17) is 14.6 Å². The Balaban J connectivity index is 0. The van der Waals surface area contributed by atoms with Crippen molar-refractivity contribution in [2.45, 2.75) is 31.6 Å². The molecule has 27 heavy (non-hydrogen) atoms. The monoisotopic (exact) mass is 401 g/mol. The maximum Gasteiger partial charge on any atom is 0.296 e. The van der Waals surface area contributed by atoms with Crippen LogP contribution < -0.4 is 0 Å². The molecule has 0 radical (unpaired) electrons. The van der Waals surface area contributed by atoms with E-state index >= 15 is 0 Å². The highest BCUT2D eigenvalue weighted by Gasteiger charge is 2.14. The Labute approximate surface area is 165 Å². The van der Waals surface area contributed by atoms with Crippen molar-refractivity contribution in [3.8, 4) is 6.07 Å². The van der Waals surface area contributed by atoms with E-state index in [1.807, 2.05) is 40.0 Å². The number of rotatable bonds is 9. The Hall–Kier alpha value is -1.50. The van der Waals surface area contributed by atoms with Gasteiger partial charge in [-0.1, -0.05) is 17.7 Å². The minimum absolute atomic E-state index is 0.216. The second kappa shape index (κ2) is 16.7. The van der Waals surface area contributed by atoms with Gasteiger partial charge in [-0.2, -0.15) is 13.7 Å². The average Bonchev–Trinajstić information content (AvgIpc) is 2.58. The van der Waals surface area contributed by atoms with Crippen LogP contribution in [0.3, 0.4) is 0 Å². The van der Waals surface area contributed by atoms with E-state index in [-0.39, 0.29) is 11.5 Å². The lowest BCUT2D eigenvalue weighted by atomic mass is 10.2. The molecule has 0 spiro atoms. The summed E-state index contributed by atoms with van der Waals surface area (Å²) in [6, 6.07) is 8.40. The van der Waals surface area contributed by atoms with Crippen LogP contribution in [-0.2, 0) is 14.3 Å². The van der Waals surface area contributed by atoms with Crippen LogP contribution in [0.1, 0.15) is 25.3 Å². The van der Waals surface area contributed by atoms with Crippen molar-refractivity contribution in [2.75, 3.05) is 54.5 Å². The SMILES string of the molecule is CC#N.CN(C)CCCO.Cc1ccc(S(=O)(=O)OCCCN(C)C)cc1. The number of hydrogen-bond acceptors (Lipinski definition) is 7. The van der Waals surface area contributed by atoms with Gasteiger partial charge >= 0.3 is 0 Å². The molecular formula is C19H35N3O4S. The van der Waals surface area contributed by atoms with Crippen LogP contribution in [0.2, 0.25) is 0 Å². The molecule has 1 aromatic carbocycles. The second-order valence-corrected chi connectivity index (χ2v) is 7.97. The third-order valence-corrected chi connectivity index (χ3v) is 4.39. The molecule has 1 N–H and O–H groups in total. The Bertz CT molecular complexity index is 609. The van der Waals surface area contributed by atoms with Crippen LogP contribution in [0, 0.1) is 18.3 Å². The first kappa shape index (κ1) is 27.7. The molecule has 0 saturated carbocycles. The van der Waals surface area contributed by atoms with Gasteiger partial charge in [0.2, 0.25) is 0 Å². The Morgan fingerprint density at radius 2 is 1.48 bits per heavy atom. The highest BCUT2D eigenvalue weighted by atomic mass is 32.2. The van der Waals surface area contributed by atoms with Gasteiger partial charge in [-0.15, -0.1) is 0 Å². The van der Waals surface area contributed by atoms with Gasteiger partial charge < -0.3 is 14.9 Å². The van der Waals surface area contributed by atoms with Crippen molar-refractivity contribution in [3.63, 3.8) is 0 Å². The Morgan fingerprint density at radius 3 is 1.85 bits per heavy atom. The summed E-state index contributed by atoms with van der Waals surface area (Å²) in [5, 5.41) is 15.6. The van der Waals surface area contributed by atoms with Crippen molar-refractivity contribution in [3.05, 3.63) is 29.8 Å². The predicted octanol–water partition coefficient (Wildman–Crippen LogP) is 2.11. The van der Waals surface area contributed by atoms with Crippen LogP contribution in [0.5, 0.6) is 0 Å². The van der Waals surface area contributed by atoms with Gasteiger partial charge in [-0.3, -0.25) is 4.18 Å². The molecule has 0 fully saturated rings. The van der Waals surface area contributed by atoms with Gasteiger partial charge in [-0.05, 0) is 73.2 Å². The lowest BCUT2D eigenvalue weighted by molar-refractivity contribution is 0.263. The van der Waals surface area contributed by atoms with Gasteiger partial charge in [0.25, 0.3) is 10.1 Å². The molecule has 156 valence electrons. The normalized spacial score (nSPS) is 10.5. The zero-order chi connectivity index (χ0) is 21.3. The predicted molar refractivity (Wildman–Crippen MR) is 109 cm³/mol. The zero-order valence-corrected chi connectivity index (χ0v) is 18.3. The molecule has 1 rings (SSSR count). The molecular weight excluding hydrogens is 366 g/mol. The molecule has 0 atom stereocenters. The van der Waals surface area contributed by atoms with E-state index in [0.717, 1.165) is 25.1 Å². The fraction of sp³-hybridized carbons (Fsp3) is 0.632. The minimum atomic E-state index is -3.59. The van der Waals surface area contributed by atoms with Crippen LogP contribution in [-0.4, -0.2) is 77.8 Å². The summed E-state index contributed by atoms with van der Waals surface area (Å²) in [5.74, 6) is 0. The highest BCUT2D eigenvalue weighted by Crippen LogP contribution is 2.13. The number of nitrogens with zero attached hydrogens (tertiary/aromatic N) is 3. The van der Waals surface area contributed by atoms with Gasteiger partial charge in [0.1, 0.15) is 0 Å². The van der Waals surface area contributed by atoms with Crippen LogP contribution in [0.15, 0.2) is 29.2 Å². The van der Waals surface area contributed by atoms with Crippen molar-refractivity contribution in [2.24, 2.45) is 0 Å². The Morgan fingerprint density at radius 1 is 1.04 bits per heavy atom. The Kier molecular flexibility index (Phi) is 17.1. The first-order valence-electron chi connectivity index (χ1n) is 8.78. The zero-order valence-electron chi connectivity index (χ0n) is 17.5. The second-order valence-electron chi connectivity index (χ2n) is 6.35. The number of nitriles is 1. The van der Waals surface area contributed by atoms with Gasteiger partial charge in [0.05, 0.1) is 17.6 Å². The molecule has 0 bridgehead atoms. The molecule has 7 nitrogen and oxygen atoms in total. The smallest absolute Gasteiger partial charge is 0.296 e. The summed E-state index contributed by atoms with van der Waals surface area (Å²) < 4.78 is 28.5. The number of hydrogen-bond donors (Lipinski definition) is 1. The third kappa shape index (κ3) is 17.7. The lowest BCUT2D eigenvalue weighted by Crippen LogP contribution is -2.16. The van der Waals surface area contributed by atoms with E-state index in [0.29, 0.717) is 13.0 Å². The largest absolute Gasteiger partial charge is 0.396 e. The summed E-state index contributed by atoms with van der Waals surface area (Å²) in [5.41, 5.74) is 1.02. The van der Waals surface area contributed by atoms with E-state index in [1.54, 1.807) is 30.3 Å². The summed E-state index contributed by atoms with van der Waals surface area (Å²) in [6.45, 7) is 5.65. The number of aliphatic hydroxyl groups excluding tert-OH is 1. The summed E-state index contributed by atoms with van der Waals surface area (Å²) in [4.78, 5) is 4.26. The quantitative estimate of drug-likeness (QED) is 0.500. The maximum absolute atomic E-state index is 11.8. The number of benzene rings is 1. The first-order valence-corrected chi connectivity index (χ1v) is 10.2. The van der Waals surface area contributed by atoms with Gasteiger partial charge in [0, 0.05) is 13.5 Å². The first-order chi connectivity index (χ1) is 12.6. The van der Waals surface area contributed by atoms with E-state index in [9.17, 15) is 8.42 Å². The molecule has 0 aliphatic rings. The van der Waals surface area contributed by atoms with Crippen molar-refractivity contribution >= 4 is 10.1 Å². The van der Waals surface area contributed by atoms with Crippen molar-refractivity contribution < 1.29 is 17.7 Å². The molecule has 0 aromatic heterocycles. The molecule has 0 aliphatic heterocycles. The van der Waals surface area contributed by atoms with Gasteiger partial charge in [0.15, 0.2) is 0 Å². The van der Waals surface area contributed by atoms with Crippen LogP contribution >= 0.6 is 0 Å². The molecule has 0 aliphatic carbocycles. The molecule has 0 heterocycles. The molecule has 0 unspecified atom stereocenters. The molecule has 0 amide bonds. The average molecular weight is 402 g/mol.